The molecule has 0 spiro atoms. The molecule has 0 amide bonds. The van der Waals surface area contributed by atoms with E-state index in [4.69, 9.17) is 4.74 Å². The van der Waals surface area contributed by atoms with Crippen molar-refractivity contribution < 1.29 is 17.9 Å². The largest absolute Gasteiger partial charge is 0.497 e. The molecule has 2 heterocycles. The van der Waals surface area contributed by atoms with Gasteiger partial charge in [-0.05, 0) is 47.9 Å². The summed E-state index contributed by atoms with van der Waals surface area (Å²) in [6.45, 7) is 0. The fourth-order valence-electron chi connectivity index (χ4n) is 3.10. The Morgan fingerprint density at radius 3 is 2.70 bits per heavy atom. The van der Waals surface area contributed by atoms with Crippen LogP contribution in [-0.4, -0.2) is 32.0 Å². The number of carbonyl (C=O) groups excluding carboxylic acids is 1. The Labute approximate surface area is 161 Å². The minimum absolute atomic E-state index is 0.124. The monoisotopic (exact) mass is 399 g/mol. The van der Waals surface area contributed by atoms with Crippen molar-refractivity contribution in [2.75, 3.05) is 12.9 Å². The van der Waals surface area contributed by atoms with Crippen LogP contribution in [0, 0.1) is 0 Å². The lowest BCUT2D eigenvalue weighted by Crippen LogP contribution is -2.05. The van der Waals surface area contributed by atoms with Gasteiger partial charge in [0.2, 0.25) is 0 Å². The summed E-state index contributed by atoms with van der Waals surface area (Å²) in [5.41, 5.74) is 2.85. The lowest BCUT2D eigenvalue weighted by Gasteiger charge is -2.03. The molecule has 0 radical (unpaired) electrons. The van der Waals surface area contributed by atoms with E-state index in [2.05, 4.69) is 4.98 Å². The third-order valence-electron chi connectivity index (χ3n) is 4.60. The SMILES string of the molecule is COc1ccc(-c2nc(C(=O)Cc3ccc4c(c3)S(=O)(=O)CC4)cs2)cc1. The summed E-state index contributed by atoms with van der Waals surface area (Å²) >= 11 is 1.41. The number of fused-ring (bicyclic) bond motifs is 1. The van der Waals surface area contributed by atoms with Gasteiger partial charge in [-0.25, -0.2) is 13.4 Å². The molecule has 1 aromatic heterocycles. The van der Waals surface area contributed by atoms with Crippen molar-refractivity contribution in [1.82, 2.24) is 4.98 Å². The van der Waals surface area contributed by atoms with Gasteiger partial charge in [0, 0.05) is 17.4 Å². The van der Waals surface area contributed by atoms with E-state index in [1.54, 1.807) is 18.6 Å². The second kappa shape index (κ2) is 6.90. The number of carbonyl (C=O) groups is 1. The van der Waals surface area contributed by atoms with Crippen LogP contribution < -0.4 is 4.74 Å². The number of Topliss-reactive ketones (excluding diaryl/α,β-unsaturated/α-hetero) is 1. The molecule has 0 bridgehead atoms. The molecule has 0 atom stereocenters. The normalized spacial score (nSPS) is 14.7. The zero-order chi connectivity index (χ0) is 19.0. The van der Waals surface area contributed by atoms with Crippen LogP contribution in [-0.2, 0) is 22.7 Å². The first kappa shape index (κ1) is 17.9. The van der Waals surface area contributed by atoms with E-state index in [1.807, 2.05) is 36.4 Å². The summed E-state index contributed by atoms with van der Waals surface area (Å²) in [6.07, 6.45) is 0.678. The van der Waals surface area contributed by atoms with E-state index in [0.717, 1.165) is 21.9 Å². The third kappa shape index (κ3) is 3.52. The van der Waals surface area contributed by atoms with Crippen molar-refractivity contribution in [3.05, 3.63) is 64.7 Å². The zero-order valence-electron chi connectivity index (χ0n) is 14.6. The average Bonchev–Trinajstić information content (AvgIpc) is 3.27. The molecule has 1 aliphatic rings. The van der Waals surface area contributed by atoms with Crippen molar-refractivity contribution in [3.63, 3.8) is 0 Å². The van der Waals surface area contributed by atoms with E-state index in [1.165, 1.54) is 11.3 Å². The van der Waals surface area contributed by atoms with Crippen LogP contribution in [0.15, 0.2) is 52.7 Å². The Morgan fingerprint density at radius 1 is 1.19 bits per heavy atom. The standard InChI is InChI=1S/C20H17NO4S2/c1-25-16-6-4-15(5-7-16)20-21-17(12-26-20)18(22)10-13-2-3-14-8-9-27(23,24)19(14)11-13/h2-7,11-12H,8-10H2,1H3. The molecule has 4 rings (SSSR count). The van der Waals surface area contributed by atoms with Crippen LogP contribution in [0.25, 0.3) is 10.6 Å². The molecule has 7 heteroatoms. The molecule has 0 N–H and O–H groups in total. The third-order valence-corrected chi connectivity index (χ3v) is 7.28. The van der Waals surface area contributed by atoms with Crippen LogP contribution in [0.2, 0.25) is 0 Å². The first-order valence-electron chi connectivity index (χ1n) is 8.44. The number of hydrogen-bond donors (Lipinski definition) is 0. The van der Waals surface area contributed by atoms with Gasteiger partial charge in [0.05, 0.1) is 17.8 Å². The quantitative estimate of drug-likeness (QED) is 0.613. The molecule has 3 aromatic rings. The topological polar surface area (TPSA) is 73.3 Å². The summed E-state index contributed by atoms with van der Waals surface area (Å²) in [4.78, 5) is 17.4. The number of ether oxygens (including phenoxy) is 1. The first-order valence-corrected chi connectivity index (χ1v) is 11.0. The van der Waals surface area contributed by atoms with Gasteiger partial charge in [-0.2, -0.15) is 0 Å². The number of benzene rings is 2. The second-order valence-corrected chi connectivity index (χ2v) is 9.31. The second-order valence-electron chi connectivity index (χ2n) is 6.38. The first-order chi connectivity index (χ1) is 13.0. The van der Waals surface area contributed by atoms with E-state index in [9.17, 15) is 13.2 Å². The van der Waals surface area contributed by atoms with Gasteiger partial charge in [-0.1, -0.05) is 12.1 Å². The summed E-state index contributed by atoms with van der Waals surface area (Å²) in [5.74, 6) is 0.788. The summed E-state index contributed by atoms with van der Waals surface area (Å²) in [7, 11) is -1.59. The van der Waals surface area contributed by atoms with Crippen LogP contribution in [0.3, 0.4) is 0 Å². The van der Waals surface area contributed by atoms with Crippen molar-refractivity contribution in [1.29, 1.82) is 0 Å². The molecular formula is C20H17NO4S2. The Bertz CT molecular complexity index is 1120. The molecule has 0 fully saturated rings. The number of nitrogens with zero attached hydrogens (tertiary/aromatic N) is 1. The van der Waals surface area contributed by atoms with Crippen molar-refractivity contribution >= 4 is 27.0 Å². The smallest absolute Gasteiger partial charge is 0.186 e. The molecule has 2 aromatic carbocycles. The Balaban J connectivity index is 1.53. The number of thiazole rings is 1. The minimum Gasteiger partial charge on any atom is -0.497 e. The molecule has 5 nitrogen and oxygen atoms in total. The highest BCUT2D eigenvalue weighted by Crippen LogP contribution is 2.28. The van der Waals surface area contributed by atoms with E-state index >= 15 is 0 Å². The Morgan fingerprint density at radius 2 is 1.96 bits per heavy atom. The van der Waals surface area contributed by atoms with Gasteiger partial charge >= 0.3 is 0 Å². The maximum Gasteiger partial charge on any atom is 0.186 e. The molecule has 0 aliphatic carbocycles. The van der Waals surface area contributed by atoms with Gasteiger partial charge in [-0.3, -0.25) is 4.79 Å². The zero-order valence-corrected chi connectivity index (χ0v) is 16.3. The molecule has 1 aliphatic heterocycles. The lowest BCUT2D eigenvalue weighted by molar-refractivity contribution is 0.0989. The number of sulfone groups is 1. The summed E-state index contributed by atoms with van der Waals surface area (Å²) in [5, 5.41) is 2.50. The van der Waals surface area contributed by atoms with Gasteiger partial charge in [0.25, 0.3) is 0 Å². The number of methoxy groups -OCH3 is 1. The highest BCUT2D eigenvalue weighted by molar-refractivity contribution is 7.91. The number of ketones is 1. The van der Waals surface area contributed by atoms with Crippen molar-refractivity contribution in [2.24, 2.45) is 0 Å². The Kier molecular flexibility index (Phi) is 4.57. The van der Waals surface area contributed by atoms with Gasteiger partial charge in [0.1, 0.15) is 16.5 Å². The minimum atomic E-state index is -3.20. The van der Waals surface area contributed by atoms with Crippen molar-refractivity contribution in [2.45, 2.75) is 17.7 Å². The highest BCUT2D eigenvalue weighted by atomic mass is 32.2. The summed E-state index contributed by atoms with van der Waals surface area (Å²) < 4.78 is 29.3. The van der Waals surface area contributed by atoms with E-state index < -0.39 is 9.84 Å². The maximum atomic E-state index is 12.6. The van der Waals surface area contributed by atoms with Crippen LogP contribution in [0.5, 0.6) is 5.75 Å². The number of rotatable bonds is 5. The average molecular weight is 399 g/mol. The molecule has 0 saturated carbocycles. The number of hydrogen-bond acceptors (Lipinski definition) is 6. The van der Waals surface area contributed by atoms with E-state index in [-0.39, 0.29) is 18.0 Å². The number of aryl methyl sites for hydroxylation is 1. The van der Waals surface area contributed by atoms with Crippen molar-refractivity contribution in [3.8, 4) is 16.3 Å². The van der Waals surface area contributed by atoms with Crippen LogP contribution >= 0.6 is 11.3 Å². The van der Waals surface area contributed by atoms with E-state index in [0.29, 0.717) is 22.6 Å². The fourth-order valence-corrected chi connectivity index (χ4v) is 5.54. The van der Waals surface area contributed by atoms with Crippen LogP contribution in [0.4, 0.5) is 0 Å². The Hall–Kier alpha value is -2.51. The maximum absolute atomic E-state index is 12.6. The molecular weight excluding hydrogens is 382 g/mol. The summed E-state index contributed by atoms with van der Waals surface area (Å²) in [6, 6.07) is 12.8. The van der Waals surface area contributed by atoms with Gasteiger partial charge in [0.15, 0.2) is 15.6 Å². The molecule has 0 saturated heterocycles. The predicted octanol–water partition coefficient (Wildman–Crippen LogP) is 3.57. The predicted molar refractivity (Wildman–Crippen MR) is 104 cm³/mol. The highest BCUT2D eigenvalue weighted by Gasteiger charge is 2.26. The van der Waals surface area contributed by atoms with Gasteiger partial charge < -0.3 is 4.74 Å². The van der Waals surface area contributed by atoms with Gasteiger partial charge in [-0.15, -0.1) is 11.3 Å². The van der Waals surface area contributed by atoms with Crippen LogP contribution in [0.1, 0.15) is 21.6 Å². The number of aromatic nitrogens is 1. The molecule has 0 unspecified atom stereocenters. The molecule has 27 heavy (non-hydrogen) atoms. The fraction of sp³-hybridized carbons (Fsp3) is 0.200. The lowest BCUT2D eigenvalue weighted by atomic mass is 10.0. The molecule has 138 valence electrons.